The highest BCUT2D eigenvalue weighted by Gasteiger charge is 2.36. The Morgan fingerprint density at radius 2 is 1.80 bits per heavy atom. The number of carbonyl (C=O) groups is 2. The number of ether oxygens (including phenoxy) is 1. The summed E-state index contributed by atoms with van der Waals surface area (Å²) < 4.78 is 37.3. The Bertz CT molecular complexity index is 1280. The summed E-state index contributed by atoms with van der Waals surface area (Å²) in [5.41, 5.74) is 2.07. The number of anilines is 1. The Labute approximate surface area is 204 Å². The number of aromatic nitrogens is 1. The molecule has 0 saturated carbocycles. The van der Waals surface area contributed by atoms with Crippen LogP contribution in [0, 0.1) is 5.92 Å². The van der Waals surface area contributed by atoms with Crippen LogP contribution in [0.5, 0.6) is 0 Å². The molecule has 35 heavy (non-hydrogen) atoms. The zero-order valence-electron chi connectivity index (χ0n) is 19.6. The first kappa shape index (κ1) is 24.6. The van der Waals surface area contributed by atoms with Crippen molar-refractivity contribution in [3.05, 3.63) is 66.4 Å². The van der Waals surface area contributed by atoms with E-state index < -0.39 is 21.9 Å². The molecule has 0 spiro atoms. The highest BCUT2D eigenvalue weighted by Crippen LogP contribution is 2.28. The predicted octanol–water partition coefficient (Wildman–Crippen LogP) is 3.47. The van der Waals surface area contributed by atoms with Crippen LogP contribution in [0.4, 0.5) is 5.69 Å². The third kappa shape index (κ3) is 5.28. The van der Waals surface area contributed by atoms with Crippen LogP contribution in [-0.4, -0.2) is 49.4 Å². The summed E-state index contributed by atoms with van der Waals surface area (Å²) in [5.74, 6) is -0.946. The lowest BCUT2D eigenvalue weighted by Gasteiger charge is -2.20. The number of amides is 1. The van der Waals surface area contributed by atoms with Gasteiger partial charge in [-0.15, -0.1) is 0 Å². The number of nitrogens with zero attached hydrogens (tertiary/aromatic N) is 3. The summed E-state index contributed by atoms with van der Waals surface area (Å²) >= 11 is 0. The van der Waals surface area contributed by atoms with Crippen molar-refractivity contribution in [3.8, 4) is 11.3 Å². The summed E-state index contributed by atoms with van der Waals surface area (Å²) in [6.45, 7) is 4.38. The number of sulfonamides is 1. The Balaban J connectivity index is 1.36. The maximum Gasteiger partial charge on any atom is 0.311 e. The summed E-state index contributed by atoms with van der Waals surface area (Å²) in [5, 5.41) is 4.00. The van der Waals surface area contributed by atoms with Gasteiger partial charge >= 0.3 is 5.97 Å². The quantitative estimate of drug-likeness (QED) is 0.416. The zero-order valence-corrected chi connectivity index (χ0v) is 20.4. The van der Waals surface area contributed by atoms with Crippen molar-refractivity contribution in [3.63, 3.8) is 0 Å². The van der Waals surface area contributed by atoms with E-state index in [0.717, 1.165) is 5.56 Å². The fourth-order valence-corrected chi connectivity index (χ4v) is 5.47. The summed E-state index contributed by atoms with van der Waals surface area (Å²) in [7, 11) is -3.59. The van der Waals surface area contributed by atoms with Gasteiger partial charge in [0.15, 0.2) is 12.4 Å². The van der Waals surface area contributed by atoms with Crippen molar-refractivity contribution in [2.45, 2.75) is 31.8 Å². The van der Waals surface area contributed by atoms with Gasteiger partial charge in [0.2, 0.25) is 15.9 Å². The van der Waals surface area contributed by atoms with E-state index in [1.54, 1.807) is 32.0 Å². The summed E-state index contributed by atoms with van der Waals surface area (Å²) in [6.07, 6.45) is 0.0179. The molecule has 0 bridgehead atoms. The van der Waals surface area contributed by atoms with Crippen LogP contribution in [0.15, 0.2) is 70.1 Å². The van der Waals surface area contributed by atoms with Crippen LogP contribution in [0.2, 0.25) is 0 Å². The van der Waals surface area contributed by atoms with E-state index in [0.29, 0.717) is 30.2 Å². The van der Waals surface area contributed by atoms with Gasteiger partial charge in [0.05, 0.1) is 10.8 Å². The molecule has 0 N–H and O–H groups in total. The fraction of sp³-hybridized carbons (Fsp3) is 0.320. The Kier molecular flexibility index (Phi) is 7.32. The fourth-order valence-electron chi connectivity index (χ4n) is 4.01. The van der Waals surface area contributed by atoms with Gasteiger partial charge < -0.3 is 14.2 Å². The molecule has 10 heteroatoms. The van der Waals surface area contributed by atoms with Gasteiger partial charge in [-0.1, -0.05) is 49.3 Å². The van der Waals surface area contributed by atoms with Gasteiger partial charge in [-0.3, -0.25) is 9.59 Å². The van der Waals surface area contributed by atoms with E-state index in [-0.39, 0.29) is 30.4 Å². The number of hydrogen-bond donors (Lipinski definition) is 0. The molecule has 1 aliphatic heterocycles. The normalized spacial score (nSPS) is 16.1. The van der Waals surface area contributed by atoms with Gasteiger partial charge in [-0.2, -0.15) is 4.31 Å². The number of hydrogen-bond acceptors (Lipinski definition) is 7. The Morgan fingerprint density at radius 3 is 2.46 bits per heavy atom. The van der Waals surface area contributed by atoms with Crippen molar-refractivity contribution in [2.75, 3.05) is 24.5 Å². The minimum Gasteiger partial charge on any atom is -0.457 e. The maximum absolute atomic E-state index is 12.7. The van der Waals surface area contributed by atoms with Gasteiger partial charge in [-0.05, 0) is 24.3 Å². The molecule has 2 heterocycles. The monoisotopic (exact) mass is 497 g/mol. The summed E-state index contributed by atoms with van der Waals surface area (Å²) in [6, 6.07) is 17.3. The van der Waals surface area contributed by atoms with E-state index in [1.165, 1.54) is 21.3 Å². The van der Waals surface area contributed by atoms with E-state index in [4.69, 9.17) is 9.26 Å². The molecule has 3 aromatic rings. The lowest BCUT2D eigenvalue weighted by atomic mass is 10.1. The van der Waals surface area contributed by atoms with Crippen molar-refractivity contribution in [1.82, 2.24) is 9.46 Å². The molecule has 0 aliphatic carbocycles. The van der Waals surface area contributed by atoms with Crippen molar-refractivity contribution in [2.24, 2.45) is 5.92 Å². The average molecular weight is 498 g/mol. The number of esters is 1. The molecule has 1 aromatic heterocycles. The minimum atomic E-state index is -3.59. The molecular weight excluding hydrogens is 470 g/mol. The number of carbonyl (C=O) groups excluding carboxylic acids is 2. The van der Waals surface area contributed by atoms with E-state index in [1.807, 2.05) is 30.3 Å². The molecule has 9 nitrogen and oxygen atoms in total. The van der Waals surface area contributed by atoms with Crippen LogP contribution in [0.25, 0.3) is 11.3 Å². The Morgan fingerprint density at radius 1 is 1.11 bits per heavy atom. The average Bonchev–Trinajstić information content (AvgIpc) is 3.51. The number of rotatable bonds is 9. The Hall–Kier alpha value is -3.50. The minimum absolute atomic E-state index is 0.0179. The first-order valence-corrected chi connectivity index (χ1v) is 12.9. The summed E-state index contributed by atoms with van der Waals surface area (Å²) in [4.78, 5) is 26.8. The third-order valence-electron chi connectivity index (χ3n) is 5.94. The lowest BCUT2D eigenvalue weighted by molar-refractivity contribution is -0.150. The van der Waals surface area contributed by atoms with Gasteiger partial charge in [0.25, 0.3) is 0 Å². The first-order chi connectivity index (χ1) is 16.8. The highest BCUT2D eigenvalue weighted by molar-refractivity contribution is 7.89. The standard InChI is InChI=1S/C25H27N3O6S/c1-3-27(4-2)35(31,32)22-12-10-20(11-13-22)28-16-19(14-24(28)29)25(30)33-17-21-15-23(26-34-21)18-8-6-5-7-9-18/h5-13,15,19H,3-4,14,16-17H2,1-2H3. The second kappa shape index (κ2) is 10.4. The maximum atomic E-state index is 12.7. The topological polar surface area (TPSA) is 110 Å². The molecule has 184 valence electrons. The first-order valence-electron chi connectivity index (χ1n) is 11.4. The van der Waals surface area contributed by atoms with Crippen molar-refractivity contribution < 1.29 is 27.3 Å². The smallest absolute Gasteiger partial charge is 0.311 e. The molecule has 1 saturated heterocycles. The van der Waals surface area contributed by atoms with E-state index in [9.17, 15) is 18.0 Å². The second-order valence-electron chi connectivity index (χ2n) is 8.14. The third-order valence-corrected chi connectivity index (χ3v) is 8.00. The molecule has 1 amide bonds. The molecule has 1 aliphatic rings. The van der Waals surface area contributed by atoms with Crippen molar-refractivity contribution in [1.29, 1.82) is 0 Å². The second-order valence-corrected chi connectivity index (χ2v) is 10.1. The van der Waals surface area contributed by atoms with Crippen LogP contribution < -0.4 is 4.90 Å². The number of benzene rings is 2. The van der Waals surface area contributed by atoms with Crippen LogP contribution >= 0.6 is 0 Å². The molecular formula is C25H27N3O6S. The van der Waals surface area contributed by atoms with Crippen LogP contribution in [-0.2, 0) is 31.0 Å². The molecule has 4 rings (SSSR count). The van der Waals surface area contributed by atoms with Crippen molar-refractivity contribution >= 4 is 27.6 Å². The van der Waals surface area contributed by atoms with Crippen LogP contribution in [0.1, 0.15) is 26.0 Å². The van der Waals surface area contributed by atoms with Gasteiger partial charge in [0, 0.05) is 43.4 Å². The van der Waals surface area contributed by atoms with E-state index >= 15 is 0 Å². The highest BCUT2D eigenvalue weighted by atomic mass is 32.2. The zero-order chi connectivity index (χ0) is 25.0. The van der Waals surface area contributed by atoms with Crippen LogP contribution in [0.3, 0.4) is 0 Å². The largest absolute Gasteiger partial charge is 0.457 e. The van der Waals surface area contributed by atoms with Gasteiger partial charge in [-0.25, -0.2) is 8.42 Å². The molecule has 0 radical (unpaired) electrons. The van der Waals surface area contributed by atoms with Gasteiger partial charge in [0.1, 0.15) is 5.69 Å². The molecule has 2 aromatic carbocycles. The SMILES string of the molecule is CCN(CC)S(=O)(=O)c1ccc(N2CC(C(=O)OCc3cc(-c4ccccc4)no3)CC2=O)cc1. The van der Waals surface area contributed by atoms with E-state index in [2.05, 4.69) is 5.16 Å². The lowest BCUT2D eigenvalue weighted by Crippen LogP contribution is -2.30. The molecule has 1 fully saturated rings. The molecule has 1 unspecified atom stereocenters. The predicted molar refractivity (Wildman–Crippen MR) is 129 cm³/mol. The molecule has 1 atom stereocenters.